The topological polar surface area (TPSA) is 66.6 Å². The number of likely N-dealkylation sites (N-methyl/N-ethyl adjacent to an activating group) is 1. The molecule has 1 fully saturated rings. The molecule has 5 nitrogen and oxygen atoms in total. The van der Waals surface area contributed by atoms with Gasteiger partial charge in [0.2, 0.25) is 10.0 Å². The summed E-state index contributed by atoms with van der Waals surface area (Å²) in [5, 5.41) is 0. The molecule has 21 heavy (non-hydrogen) atoms. The van der Waals surface area contributed by atoms with E-state index >= 15 is 0 Å². The SMILES string of the molecule is CCC1CN(S(=O)(=O)c2cc(N)cc(C)c2F)CCN1C. The average molecular weight is 315 g/mol. The minimum atomic E-state index is -3.85. The van der Waals surface area contributed by atoms with Gasteiger partial charge in [0.1, 0.15) is 10.7 Å². The van der Waals surface area contributed by atoms with Crippen LogP contribution in [0.3, 0.4) is 0 Å². The normalized spacial score (nSPS) is 21.6. The van der Waals surface area contributed by atoms with Gasteiger partial charge in [0.05, 0.1) is 0 Å². The van der Waals surface area contributed by atoms with Crippen LogP contribution in [0.5, 0.6) is 0 Å². The molecule has 0 aromatic heterocycles. The fourth-order valence-corrected chi connectivity index (χ4v) is 4.31. The Labute approximate surface area is 125 Å². The molecule has 0 aliphatic carbocycles. The molecule has 118 valence electrons. The molecule has 7 heteroatoms. The van der Waals surface area contributed by atoms with Crippen LogP contribution >= 0.6 is 0 Å². The van der Waals surface area contributed by atoms with Crippen LogP contribution in [0.4, 0.5) is 10.1 Å². The summed E-state index contributed by atoms with van der Waals surface area (Å²) in [7, 11) is -1.88. The van der Waals surface area contributed by atoms with Gasteiger partial charge >= 0.3 is 0 Å². The second-order valence-electron chi connectivity index (χ2n) is 5.56. The number of hydrogen-bond donors (Lipinski definition) is 1. The zero-order valence-corrected chi connectivity index (χ0v) is 13.5. The third kappa shape index (κ3) is 3.04. The van der Waals surface area contributed by atoms with Crippen LogP contribution in [0.15, 0.2) is 17.0 Å². The number of piperazine rings is 1. The van der Waals surface area contributed by atoms with Gasteiger partial charge in [-0.1, -0.05) is 6.92 Å². The van der Waals surface area contributed by atoms with Gasteiger partial charge in [0.25, 0.3) is 0 Å². The third-order valence-corrected chi connectivity index (χ3v) is 5.94. The van der Waals surface area contributed by atoms with Crippen LogP contribution in [-0.2, 0) is 10.0 Å². The predicted molar refractivity (Wildman–Crippen MR) is 81.0 cm³/mol. The van der Waals surface area contributed by atoms with Gasteiger partial charge in [-0.05, 0) is 38.1 Å². The number of aryl methyl sites for hydroxylation is 1. The Morgan fingerprint density at radius 3 is 2.67 bits per heavy atom. The van der Waals surface area contributed by atoms with Crippen molar-refractivity contribution in [2.24, 2.45) is 0 Å². The molecule has 1 unspecified atom stereocenters. The van der Waals surface area contributed by atoms with E-state index in [9.17, 15) is 12.8 Å². The number of nitrogens with two attached hydrogens (primary N) is 1. The predicted octanol–water partition coefficient (Wildman–Crippen LogP) is 1.43. The van der Waals surface area contributed by atoms with Crippen molar-refractivity contribution >= 4 is 15.7 Å². The monoisotopic (exact) mass is 315 g/mol. The van der Waals surface area contributed by atoms with Gasteiger partial charge < -0.3 is 10.6 Å². The molecule has 0 amide bonds. The molecule has 0 saturated carbocycles. The number of nitrogen functional groups attached to an aromatic ring is 1. The number of benzene rings is 1. The second kappa shape index (κ2) is 5.90. The lowest BCUT2D eigenvalue weighted by Crippen LogP contribution is -2.52. The molecule has 0 spiro atoms. The molecule has 1 atom stereocenters. The molecule has 1 aromatic carbocycles. The van der Waals surface area contributed by atoms with E-state index in [-0.39, 0.29) is 22.2 Å². The molecular formula is C14H22FN3O2S. The van der Waals surface area contributed by atoms with Gasteiger partial charge in [-0.2, -0.15) is 4.31 Å². The first-order chi connectivity index (χ1) is 9.77. The van der Waals surface area contributed by atoms with E-state index in [4.69, 9.17) is 5.73 Å². The maximum atomic E-state index is 14.2. The Balaban J connectivity index is 2.39. The molecule has 1 heterocycles. The van der Waals surface area contributed by atoms with Crippen LogP contribution in [-0.4, -0.2) is 50.3 Å². The van der Waals surface area contributed by atoms with Crippen molar-refractivity contribution in [3.05, 3.63) is 23.5 Å². The molecule has 1 aliphatic heterocycles. The largest absolute Gasteiger partial charge is 0.399 e. The number of nitrogens with zero attached hydrogens (tertiary/aromatic N) is 2. The summed E-state index contributed by atoms with van der Waals surface area (Å²) in [5.41, 5.74) is 6.18. The Morgan fingerprint density at radius 1 is 1.38 bits per heavy atom. The number of hydrogen-bond acceptors (Lipinski definition) is 4. The van der Waals surface area contributed by atoms with Crippen molar-refractivity contribution in [1.29, 1.82) is 0 Å². The highest BCUT2D eigenvalue weighted by molar-refractivity contribution is 7.89. The molecule has 1 saturated heterocycles. The highest BCUT2D eigenvalue weighted by Crippen LogP contribution is 2.26. The van der Waals surface area contributed by atoms with Gasteiger partial charge in [0, 0.05) is 31.4 Å². The summed E-state index contributed by atoms with van der Waals surface area (Å²) in [4.78, 5) is 1.81. The summed E-state index contributed by atoms with van der Waals surface area (Å²) in [6.45, 7) is 4.91. The summed E-state index contributed by atoms with van der Waals surface area (Å²) in [5.74, 6) is -0.712. The highest BCUT2D eigenvalue weighted by atomic mass is 32.2. The van der Waals surface area contributed by atoms with E-state index in [0.29, 0.717) is 19.6 Å². The minimum Gasteiger partial charge on any atom is -0.399 e. The van der Waals surface area contributed by atoms with Crippen molar-refractivity contribution < 1.29 is 12.8 Å². The standard InChI is InChI=1S/C14H22FN3O2S/c1-4-12-9-18(6-5-17(12)3)21(19,20)13-8-11(16)7-10(2)14(13)15/h7-8,12H,4-6,9,16H2,1-3H3. The number of halogens is 1. The summed E-state index contributed by atoms with van der Waals surface area (Å²) >= 11 is 0. The van der Waals surface area contributed by atoms with E-state index in [1.807, 2.05) is 14.0 Å². The van der Waals surface area contributed by atoms with Crippen LogP contribution in [0, 0.1) is 12.7 Å². The molecule has 1 aromatic rings. The zero-order chi connectivity index (χ0) is 15.8. The third-order valence-electron chi connectivity index (χ3n) is 4.07. The number of sulfonamides is 1. The maximum Gasteiger partial charge on any atom is 0.246 e. The lowest BCUT2D eigenvalue weighted by molar-refractivity contribution is 0.144. The fraction of sp³-hybridized carbons (Fsp3) is 0.571. The van der Waals surface area contributed by atoms with Crippen molar-refractivity contribution in [2.75, 3.05) is 32.4 Å². The second-order valence-corrected chi connectivity index (χ2v) is 7.46. The molecule has 1 aliphatic rings. The smallest absolute Gasteiger partial charge is 0.246 e. The number of anilines is 1. The number of rotatable bonds is 3. The van der Waals surface area contributed by atoms with Crippen molar-refractivity contribution in [3.63, 3.8) is 0 Å². The van der Waals surface area contributed by atoms with Crippen molar-refractivity contribution in [3.8, 4) is 0 Å². The minimum absolute atomic E-state index is 0.152. The molecular weight excluding hydrogens is 293 g/mol. The fourth-order valence-electron chi connectivity index (χ4n) is 2.67. The van der Waals surface area contributed by atoms with Crippen molar-refractivity contribution in [1.82, 2.24) is 9.21 Å². The summed E-state index contributed by atoms with van der Waals surface area (Å²) in [6.07, 6.45) is 0.848. The van der Waals surface area contributed by atoms with E-state index in [1.165, 1.54) is 23.4 Å². The quantitative estimate of drug-likeness (QED) is 0.857. The zero-order valence-electron chi connectivity index (χ0n) is 12.6. The maximum absolute atomic E-state index is 14.2. The van der Waals surface area contributed by atoms with Gasteiger partial charge in [-0.15, -0.1) is 0 Å². The van der Waals surface area contributed by atoms with Crippen LogP contribution in [0.2, 0.25) is 0 Å². The van der Waals surface area contributed by atoms with Gasteiger partial charge in [-0.3, -0.25) is 0 Å². The Kier molecular flexibility index (Phi) is 4.55. The molecule has 0 radical (unpaired) electrons. The first kappa shape index (κ1) is 16.2. The van der Waals surface area contributed by atoms with Crippen molar-refractivity contribution in [2.45, 2.75) is 31.2 Å². The van der Waals surface area contributed by atoms with E-state index < -0.39 is 15.8 Å². The molecule has 0 bridgehead atoms. The highest BCUT2D eigenvalue weighted by Gasteiger charge is 2.34. The van der Waals surface area contributed by atoms with Crippen LogP contribution in [0.25, 0.3) is 0 Å². The average Bonchev–Trinajstić information content (AvgIpc) is 2.42. The van der Waals surface area contributed by atoms with Crippen LogP contribution < -0.4 is 5.73 Å². The first-order valence-corrected chi connectivity index (χ1v) is 8.47. The van der Waals surface area contributed by atoms with E-state index in [0.717, 1.165) is 6.42 Å². The molecule has 2 N–H and O–H groups in total. The van der Waals surface area contributed by atoms with E-state index in [2.05, 4.69) is 4.90 Å². The van der Waals surface area contributed by atoms with Gasteiger partial charge in [0.15, 0.2) is 0 Å². The summed E-state index contributed by atoms with van der Waals surface area (Å²) < 4.78 is 41.0. The Hall–Kier alpha value is -1.18. The van der Waals surface area contributed by atoms with Crippen LogP contribution in [0.1, 0.15) is 18.9 Å². The lowest BCUT2D eigenvalue weighted by Gasteiger charge is -2.38. The summed E-state index contributed by atoms with van der Waals surface area (Å²) in [6, 6.07) is 2.79. The first-order valence-electron chi connectivity index (χ1n) is 7.03. The Morgan fingerprint density at radius 2 is 2.05 bits per heavy atom. The van der Waals surface area contributed by atoms with E-state index in [1.54, 1.807) is 0 Å². The van der Waals surface area contributed by atoms with Gasteiger partial charge in [-0.25, -0.2) is 12.8 Å². The lowest BCUT2D eigenvalue weighted by atomic mass is 10.1. The molecule has 2 rings (SSSR count). The Bertz CT molecular complexity index is 633.